The number of benzene rings is 1. The Bertz CT molecular complexity index is 1460. The zero-order valence-corrected chi connectivity index (χ0v) is 21.2. The molecule has 0 amide bonds. The van der Waals surface area contributed by atoms with Gasteiger partial charge >= 0.3 is 0 Å². The molecular formula is C26H31N7O3. The zero-order valence-electron chi connectivity index (χ0n) is 21.2. The first-order valence-electron chi connectivity index (χ1n) is 12.0. The summed E-state index contributed by atoms with van der Waals surface area (Å²) < 4.78 is 16.5. The Balaban J connectivity index is 1.69. The number of aryl methyl sites for hydroxylation is 2. The van der Waals surface area contributed by atoms with Gasteiger partial charge in [-0.2, -0.15) is 0 Å². The van der Waals surface area contributed by atoms with Gasteiger partial charge in [0, 0.05) is 48.7 Å². The molecule has 1 aromatic carbocycles. The van der Waals surface area contributed by atoms with E-state index in [9.17, 15) is 0 Å². The maximum Gasteiger partial charge on any atom is 0.145 e. The molecule has 0 spiro atoms. The summed E-state index contributed by atoms with van der Waals surface area (Å²) in [6.07, 6.45) is 4.55. The molecule has 1 saturated carbocycles. The fourth-order valence-electron chi connectivity index (χ4n) is 4.46. The van der Waals surface area contributed by atoms with Crippen LogP contribution in [0.1, 0.15) is 30.1 Å². The second-order valence-corrected chi connectivity index (χ2v) is 9.04. The summed E-state index contributed by atoms with van der Waals surface area (Å²) in [4.78, 5) is 13.1. The fraction of sp³-hybridized carbons (Fsp3) is 0.385. The van der Waals surface area contributed by atoms with Crippen molar-refractivity contribution in [2.45, 2.75) is 33.1 Å². The molecule has 1 aliphatic rings. The van der Waals surface area contributed by atoms with Crippen molar-refractivity contribution in [3.05, 3.63) is 41.3 Å². The average molecular weight is 490 g/mol. The normalized spacial score (nSPS) is 14.0. The number of hydrogen-bond acceptors (Lipinski definition) is 9. The van der Waals surface area contributed by atoms with Gasteiger partial charge in [0.1, 0.15) is 34.6 Å². The first kappa shape index (κ1) is 23.8. The van der Waals surface area contributed by atoms with Gasteiger partial charge in [-0.15, -0.1) is 0 Å². The van der Waals surface area contributed by atoms with Crippen LogP contribution in [0, 0.1) is 25.2 Å². The number of ether oxygens (including phenoxy) is 2. The molecule has 0 radical (unpaired) electrons. The molecule has 0 unspecified atom stereocenters. The van der Waals surface area contributed by atoms with E-state index >= 15 is 0 Å². The van der Waals surface area contributed by atoms with Gasteiger partial charge in [0.05, 0.1) is 30.4 Å². The highest BCUT2D eigenvalue weighted by Crippen LogP contribution is 2.40. The zero-order chi connectivity index (χ0) is 25.4. The highest BCUT2D eigenvalue weighted by molar-refractivity contribution is 6.13. The lowest BCUT2D eigenvalue weighted by molar-refractivity contribution is 0.200. The number of allylic oxidation sites excluding steroid dienone is 1. The monoisotopic (exact) mass is 489 g/mol. The number of aromatic amines is 1. The number of hydrogen-bond donors (Lipinski definition) is 4. The Labute approximate surface area is 209 Å². The first-order chi connectivity index (χ1) is 17.4. The number of H-pyrrole nitrogens is 1. The van der Waals surface area contributed by atoms with Gasteiger partial charge in [-0.05, 0) is 44.9 Å². The molecule has 0 saturated heterocycles. The molecule has 0 bridgehead atoms. The summed E-state index contributed by atoms with van der Waals surface area (Å²) in [5.41, 5.74) is 4.82. The van der Waals surface area contributed by atoms with Gasteiger partial charge < -0.3 is 35.0 Å². The predicted octanol–water partition coefficient (Wildman–Crippen LogP) is 4.48. The van der Waals surface area contributed by atoms with E-state index in [4.69, 9.17) is 29.4 Å². The van der Waals surface area contributed by atoms with Crippen LogP contribution in [0.2, 0.25) is 0 Å². The second-order valence-electron chi connectivity index (χ2n) is 9.04. The first-order valence-corrected chi connectivity index (χ1v) is 12.0. The van der Waals surface area contributed by atoms with Crippen LogP contribution < -0.4 is 15.4 Å². The molecule has 10 heteroatoms. The van der Waals surface area contributed by atoms with Gasteiger partial charge in [-0.3, -0.25) is 0 Å². The number of rotatable bonds is 10. The van der Waals surface area contributed by atoms with Gasteiger partial charge in [-0.1, -0.05) is 5.16 Å². The van der Waals surface area contributed by atoms with Gasteiger partial charge in [0.25, 0.3) is 0 Å². The van der Waals surface area contributed by atoms with Crippen LogP contribution in [-0.4, -0.2) is 53.7 Å². The molecular weight excluding hydrogens is 458 g/mol. The quantitative estimate of drug-likeness (QED) is 0.240. The Kier molecular flexibility index (Phi) is 6.36. The fourth-order valence-corrected chi connectivity index (χ4v) is 4.46. The van der Waals surface area contributed by atoms with Crippen LogP contribution in [0.4, 0.5) is 5.82 Å². The van der Waals surface area contributed by atoms with E-state index in [1.807, 2.05) is 39.1 Å². The number of aromatic nitrogens is 4. The van der Waals surface area contributed by atoms with Crippen LogP contribution in [0.15, 0.2) is 28.6 Å². The molecule has 36 heavy (non-hydrogen) atoms. The Morgan fingerprint density at radius 1 is 1.25 bits per heavy atom. The van der Waals surface area contributed by atoms with E-state index in [0.29, 0.717) is 53.5 Å². The number of methoxy groups -OCH3 is 2. The Morgan fingerprint density at radius 3 is 2.69 bits per heavy atom. The third kappa shape index (κ3) is 4.39. The number of fused-ring (bicyclic) bond motifs is 3. The van der Waals surface area contributed by atoms with Crippen molar-refractivity contribution in [2.24, 2.45) is 5.92 Å². The van der Waals surface area contributed by atoms with Crippen molar-refractivity contribution in [2.75, 3.05) is 33.2 Å². The summed E-state index contributed by atoms with van der Waals surface area (Å²) >= 11 is 0. The van der Waals surface area contributed by atoms with Crippen molar-refractivity contribution in [1.82, 2.24) is 25.4 Å². The molecule has 1 aliphatic carbocycles. The molecule has 0 atom stereocenters. The summed E-state index contributed by atoms with van der Waals surface area (Å²) in [5.74, 6) is 3.79. The maximum absolute atomic E-state index is 8.34. The molecule has 4 aromatic rings. The van der Waals surface area contributed by atoms with Crippen LogP contribution in [-0.2, 0) is 11.2 Å². The van der Waals surface area contributed by atoms with Crippen molar-refractivity contribution in [3.8, 4) is 16.9 Å². The molecule has 10 nitrogen and oxygen atoms in total. The summed E-state index contributed by atoms with van der Waals surface area (Å²) in [5, 5.41) is 20.8. The highest BCUT2D eigenvalue weighted by Gasteiger charge is 2.26. The highest BCUT2D eigenvalue weighted by atomic mass is 16.5. The molecule has 0 aliphatic heterocycles. The van der Waals surface area contributed by atoms with Crippen molar-refractivity contribution >= 4 is 33.5 Å². The number of nitrogens with zero attached hydrogens (tertiary/aromatic N) is 3. The average Bonchev–Trinajstić information content (AvgIpc) is 3.59. The van der Waals surface area contributed by atoms with E-state index in [0.717, 1.165) is 51.7 Å². The minimum atomic E-state index is 0.345. The largest absolute Gasteiger partial charge is 0.496 e. The number of nitrogens with one attached hydrogen (secondary N) is 4. The molecule has 4 N–H and O–H groups in total. The van der Waals surface area contributed by atoms with Gasteiger partial charge in [-0.25, -0.2) is 9.97 Å². The van der Waals surface area contributed by atoms with E-state index in [-0.39, 0.29) is 0 Å². The van der Waals surface area contributed by atoms with Gasteiger partial charge in [0.15, 0.2) is 0 Å². The minimum absolute atomic E-state index is 0.345. The Hall–Kier alpha value is -3.92. The van der Waals surface area contributed by atoms with Crippen molar-refractivity contribution in [3.63, 3.8) is 0 Å². The number of anilines is 1. The van der Waals surface area contributed by atoms with E-state index < -0.39 is 0 Å². The summed E-state index contributed by atoms with van der Waals surface area (Å²) in [6.45, 7) is 4.32. The molecule has 3 aromatic heterocycles. The second kappa shape index (κ2) is 9.62. The lowest BCUT2D eigenvalue weighted by Gasteiger charge is -2.13. The minimum Gasteiger partial charge on any atom is -0.496 e. The van der Waals surface area contributed by atoms with Crippen LogP contribution in [0.5, 0.6) is 5.75 Å². The van der Waals surface area contributed by atoms with Crippen LogP contribution >= 0.6 is 0 Å². The lowest BCUT2D eigenvalue weighted by atomic mass is 10.0. The molecule has 3 heterocycles. The smallest absolute Gasteiger partial charge is 0.145 e. The topological polar surface area (TPSA) is 134 Å². The van der Waals surface area contributed by atoms with Crippen LogP contribution in [0.3, 0.4) is 0 Å². The Morgan fingerprint density at radius 2 is 2.06 bits per heavy atom. The third-order valence-corrected chi connectivity index (χ3v) is 6.49. The predicted molar refractivity (Wildman–Crippen MR) is 140 cm³/mol. The third-order valence-electron chi connectivity index (χ3n) is 6.49. The van der Waals surface area contributed by atoms with E-state index in [1.54, 1.807) is 14.2 Å². The standard InChI is InChI=1S/C26H31N7O3/c1-13-23(14(2)36-33-13)17-10-19-16(11-20(17)35-5)24-25(29-19)30-21(8-9-34-4)31-26(24)32-22(28-3)12-18(27)15-6-7-15/h10-12,15,27-28H,6-9H2,1-5H3,(H2,29,30,31,32)/b22-12+,27-18?. The summed E-state index contributed by atoms with van der Waals surface area (Å²) in [6, 6.07) is 4.03. The van der Waals surface area contributed by atoms with Crippen molar-refractivity contribution < 1.29 is 14.0 Å². The van der Waals surface area contributed by atoms with E-state index in [1.165, 1.54) is 0 Å². The SMILES string of the molecule is CN/C(=C\C(=N)C1CC1)Nc1nc(CCOC)nc2[nH]c3cc(-c4c(C)noc4C)c(OC)cc3c12. The van der Waals surface area contributed by atoms with Gasteiger partial charge in [0.2, 0.25) is 0 Å². The summed E-state index contributed by atoms with van der Waals surface area (Å²) in [7, 11) is 5.15. The van der Waals surface area contributed by atoms with Crippen molar-refractivity contribution in [1.29, 1.82) is 5.41 Å². The lowest BCUT2D eigenvalue weighted by Crippen LogP contribution is -2.18. The van der Waals surface area contributed by atoms with E-state index in [2.05, 4.69) is 20.8 Å². The molecule has 5 rings (SSSR count). The maximum atomic E-state index is 8.34. The van der Waals surface area contributed by atoms with Crippen LogP contribution in [0.25, 0.3) is 33.1 Å². The molecule has 1 fully saturated rings. The molecule has 188 valence electrons.